The molecule has 0 bridgehead atoms. The molecule has 1 saturated carbocycles. The van der Waals surface area contributed by atoms with Gasteiger partial charge in [0.15, 0.2) is 0 Å². The van der Waals surface area contributed by atoms with E-state index in [1.165, 1.54) is 57.8 Å². The predicted octanol–water partition coefficient (Wildman–Crippen LogP) is 3.51. The van der Waals surface area contributed by atoms with Crippen molar-refractivity contribution in [3.05, 3.63) is 0 Å². The Hall–Kier alpha value is 0.532. The van der Waals surface area contributed by atoms with Gasteiger partial charge in [-0.15, -0.1) is 0 Å². The summed E-state index contributed by atoms with van der Waals surface area (Å²) in [7, 11) is 0. The Balaban J connectivity index is 0.000000810. The zero-order valence-electron chi connectivity index (χ0n) is 6.77. The second-order valence-electron chi connectivity index (χ2n) is 3.18. The standard InChI is InChI=1S/C9H18.Cr/c1-2-4-6-8-9-7-5-3-1;/h1-9H2;. The van der Waals surface area contributed by atoms with E-state index in [9.17, 15) is 0 Å². The Labute approximate surface area is 75.5 Å². The first kappa shape index (κ1) is 10.5. The molecule has 0 nitrogen and oxygen atoms in total. The molecule has 0 unspecified atom stereocenters. The zero-order valence-corrected chi connectivity index (χ0v) is 8.05. The van der Waals surface area contributed by atoms with Crippen LogP contribution in [0.3, 0.4) is 0 Å². The van der Waals surface area contributed by atoms with Crippen LogP contribution in [0.15, 0.2) is 0 Å². The van der Waals surface area contributed by atoms with Gasteiger partial charge < -0.3 is 0 Å². The van der Waals surface area contributed by atoms with Gasteiger partial charge in [-0.3, -0.25) is 0 Å². The van der Waals surface area contributed by atoms with Crippen LogP contribution >= 0.6 is 0 Å². The molecule has 0 atom stereocenters. The van der Waals surface area contributed by atoms with E-state index in [0.29, 0.717) is 0 Å². The van der Waals surface area contributed by atoms with Crippen molar-refractivity contribution in [2.75, 3.05) is 0 Å². The van der Waals surface area contributed by atoms with E-state index in [0.717, 1.165) is 0 Å². The van der Waals surface area contributed by atoms with E-state index < -0.39 is 0 Å². The van der Waals surface area contributed by atoms with Gasteiger partial charge in [0, 0.05) is 17.4 Å². The van der Waals surface area contributed by atoms with Crippen LogP contribution < -0.4 is 0 Å². The molecule has 0 saturated heterocycles. The van der Waals surface area contributed by atoms with Crippen LogP contribution in [0, 0.1) is 0 Å². The van der Waals surface area contributed by atoms with Crippen LogP contribution in [0.1, 0.15) is 57.8 Å². The van der Waals surface area contributed by atoms with Crippen LogP contribution in [0.4, 0.5) is 0 Å². The summed E-state index contributed by atoms with van der Waals surface area (Å²) in [5.74, 6) is 0. The van der Waals surface area contributed by atoms with Gasteiger partial charge in [-0.05, 0) is 0 Å². The molecule has 0 aromatic rings. The molecule has 1 heteroatoms. The summed E-state index contributed by atoms with van der Waals surface area (Å²) < 4.78 is 0. The maximum Gasteiger partial charge on any atom is 0 e. The van der Waals surface area contributed by atoms with Crippen LogP contribution in [0.2, 0.25) is 0 Å². The summed E-state index contributed by atoms with van der Waals surface area (Å²) in [5.41, 5.74) is 0. The van der Waals surface area contributed by atoms with E-state index in [2.05, 4.69) is 0 Å². The average molecular weight is 178 g/mol. The van der Waals surface area contributed by atoms with Crippen LogP contribution in [0.5, 0.6) is 0 Å². The first-order chi connectivity index (χ1) is 4.50. The summed E-state index contributed by atoms with van der Waals surface area (Å²) >= 11 is 0. The van der Waals surface area contributed by atoms with E-state index in [4.69, 9.17) is 0 Å². The second kappa shape index (κ2) is 7.64. The Bertz CT molecular complexity index is 33.2. The van der Waals surface area contributed by atoms with E-state index >= 15 is 0 Å². The maximum atomic E-state index is 1.50. The maximum absolute atomic E-state index is 1.50. The Morgan fingerprint density at radius 2 is 0.400 bits per heavy atom. The van der Waals surface area contributed by atoms with E-state index in [1.807, 2.05) is 0 Å². The van der Waals surface area contributed by atoms with Gasteiger partial charge in [0.1, 0.15) is 0 Å². The second-order valence-corrected chi connectivity index (χ2v) is 3.18. The Morgan fingerprint density at radius 1 is 0.300 bits per heavy atom. The summed E-state index contributed by atoms with van der Waals surface area (Å²) in [5, 5.41) is 0. The minimum absolute atomic E-state index is 0. The van der Waals surface area contributed by atoms with Crippen LogP contribution in [0.25, 0.3) is 0 Å². The summed E-state index contributed by atoms with van der Waals surface area (Å²) in [6, 6.07) is 0. The smallest absolute Gasteiger partial charge is 0 e. The van der Waals surface area contributed by atoms with Crippen molar-refractivity contribution in [3.63, 3.8) is 0 Å². The molecule has 0 amide bonds. The molecule has 0 aromatic heterocycles. The van der Waals surface area contributed by atoms with Crippen LogP contribution in [-0.4, -0.2) is 0 Å². The minimum Gasteiger partial charge on any atom is -0.0533 e. The van der Waals surface area contributed by atoms with Crippen molar-refractivity contribution in [3.8, 4) is 0 Å². The van der Waals surface area contributed by atoms with Crippen molar-refractivity contribution in [1.29, 1.82) is 0 Å². The van der Waals surface area contributed by atoms with E-state index in [1.54, 1.807) is 0 Å². The summed E-state index contributed by atoms with van der Waals surface area (Å²) in [4.78, 5) is 0. The molecule has 0 heterocycles. The van der Waals surface area contributed by atoms with Gasteiger partial charge in [-0.2, -0.15) is 0 Å². The molecule has 0 radical (unpaired) electrons. The normalized spacial score (nSPS) is 21.6. The first-order valence-electron chi connectivity index (χ1n) is 4.50. The number of hydrogen-bond donors (Lipinski definition) is 0. The van der Waals surface area contributed by atoms with Gasteiger partial charge in [0.05, 0.1) is 0 Å². The van der Waals surface area contributed by atoms with Crippen LogP contribution in [-0.2, 0) is 17.4 Å². The average Bonchev–Trinajstić information content (AvgIpc) is 2.00. The molecule has 0 spiro atoms. The molecule has 0 aromatic carbocycles. The fraction of sp³-hybridized carbons (Fsp3) is 1.00. The Kier molecular flexibility index (Phi) is 8.04. The topological polar surface area (TPSA) is 0 Å². The van der Waals surface area contributed by atoms with Gasteiger partial charge in [-0.1, -0.05) is 57.8 Å². The zero-order chi connectivity index (χ0) is 6.36. The summed E-state index contributed by atoms with van der Waals surface area (Å²) in [6.45, 7) is 0. The predicted molar refractivity (Wildman–Crippen MR) is 41.6 cm³/mol. The molecular weight excluding hydrogens is 160 g/mol. The molecule has 0 aliphatic heterocycles. The molecule has 1 fully saturated rings. The fourth-order valence-electron chi connectivity index (χ4n) is 1.59. The number of hydrogen-bond acceptors (Lipinski definition) is 0. The number of rotatable bonds is 0. The largest absolute Gasteiger partial charge is 0.0533 e. The van der Waals surface area contributed by atoms with E-state index in [-0.39, 0.29) is 17.4 Å². The van der Waals surface area contributed by atoms with Crippen molar-refractivity contribution >= 4 is 0 Å². The third-order valence-electron chi connectivity index (χ3n) is 2.25. The van der Waals surface area contributed by atoms with Gasteiger partial charge in [0.25, 0.3) is 0 Å². The van der Waals surface area contributed by atoms with Crippen molar-refractivity contribution in [2.45, 2.75) is 57.8 Å². The van der Waals surface area contributed by atoms with Gasteiger partial charge in [0.2, 0.25) is 0 Å². The molecule has 10 heavy (non-hydrogen) atoms. The molecule has 1 aliphatic rings. The van der Waals surface area contributed by atoms with Gasteiger partial charge >= 0.3 is 0 Å². The first-order valence-corrected chi connectivity index (χ1v) is 4.50. The molecule has 1 rings (SSSR count). The fourth-order valence-corrected chi connectivity index (χ4v) is 1.59. The minimum atomic E-state index is 0. The van der Waals surface area contributed by atoms with Crippen molar-refractivity contribution in [1.82, 2.24) is 0 Å². The quantitative estimate of drug-likeness (QED) is 0.532. The third-order valence-corrected chi connectivity index (χ3v) is 2.25. The summed E-state index contributed by atoms with van der Waals surface area (Å²) in [6.07, 6.45) is 13.5. The molecule has 0 N–H and O–H groups in total. The third kappa shape index (κ3) is 5.33. The SMILES string of the molecule is C1CCCCCCCC1.[Cr]. The monoisotopic (exact) mass is 178 g/mol. The molecular formula is C9H18Cr. The Morgan fingerprint density at radius 3 is 0.500 bits per heavy atom. The molecule has 60 valence electrons. The molecule has 1 aliphatic carbocycles. The van der Waals surface area contributed by atoms with Crippen molar-refractivity contribution in [2.24, 2.45) is 0 Å². The van der Waals surface area contributed by atoms with Crippen molar-refractivity contribution < 1.29 is 17.4 Å². The van der Waals surface area contributed by atoms with Gasteiger partial charge in [-0.25, -0.2) is 0 Å².